The predicted molar refractivity (Wildman–Crippen MR) is 57.7 cm³/mol. The fourth-order valence-corrected chi connectivity index (χ4v) is 0.955. The summed E-state index contributed by atoms with van der Waals surface area (Å²) in [5, 5.41) is 3.08. The molecule has 0 saturated carbocycles. The number of rotatable bonds is 3. The molecule has 70 valence electrons. The molecule has 0 fully saturated rings. The summed E-state index contributed by atoms with van der Waals surface area (Å²) in [6.07, 6.45) is 5.53. The lowest BCUT2D eigenvalue weighted by molar-refractivity contribution is 1.10. The van der Waals surface area contributed by atoms with Gasteiger partial charge in [0.2, 0.25) is 5.95 Å². The van der Waals surface area contributed by atoms with E-state index in [9.17, 15) is 0 Å². The smallest absolute Gasteiger partial charge is 0.222 e. The quantitative estimate of drug-likeness (QED) is 0.828. The standard InChI is InChI=1S/C9H12BrN3/c1-7(2)3-4-11-9-12-5-8(10)6-13-9/h3,5-6H,4H2,1-2H3,(H,11,12,13). The van der Waals surface area contributed by atoms with Crippen LogP contribution in [0.4, 0.5) is 5.95 Å². The van der Waals surface area contributed by atoms with Crippen molar-refractivity contribution in [2.24, 2.45) is 0 Å². The van der Waals surface area contributed by atoms with E-state index in [1.807, 2.05) is 0 Å². The Morgan fingerprint density at radius 1 is 1.46 bits per heavy atom. The van der Waals surface area contributed by atoms with Crippen LogP contribution < -0.4 is 5.32 Å². The number of halogens is 1. The molecule has 0 bridgehead atoms. The Morgan fingerprint density at radius 3 is 2.62 bits per heavy atom. The SMILES string of the molecule is CC(C)=CCNc1ncc(Br)cn1. The van der Waals surface area contributed by atoms with Crippen molar-refractivity contribution in [1.29, 1.82) is 0 Å². The van der Waals surface area contributed by atoms with Crippen molar-refractivity contribution >= 4 is 21.9 Å². The first-order chi connectivity index (χ1) is 6.18. The van der Waals surface area contributed by atoms with Crippen LogP contribution >= 0.6 is 15.9 Å². The average Bonchev–Trinajstić information content (AvgIpc) is 2.08. The molecule has 1 rings (SSSR count). The topological polar surface area (TPSA) is 37.8 Å². The normalized spacial score (nSPS) is 9.46. The zero-order valence-corrected chi connectivity index (χ0v) is 9.30. The first-order valence-electron chi connectivity index (χ1n) is 4.03. The third-order valence-corrected chi connectivity index (χ3v) is 1.80. The van der Waals surface area contributed by atoms with Crippen molar-refractivity contribution in [2.75, 3.05) is 11.9 Å². The van der Waals surface area contributed by atoms with Crippen molar-refractivity contribution in [3.8, 4) is 0 Å². The third-order valence-electron chi connectivity index (χ3n) is 1.39. The number of hydrogen-bond donors (Lipinski definition) is 1. The number of aromatic nitrogens is 2. The van der Waals surface area contributed by atoms with Crippen LogP contribution in [0.5, 0.6) is 0 Å². The van der Waals surface area contributed by atoms with Gasteiger partial charge in [-0.2, -0.15) is 0 Å². The second-order valence-electron chi connectivity index (χ2n) is 2.89. The van der Waals surface area contributed by atoms with Crippen molar-refractivity contribution in [3.05, 3.63) is 28.5 Å². The lowest BCUT2D eigenvalue weighted by atomic mass is 10.3. The molecule has 3 nitrogen and oxygen atoms in total. The van der Waals surface area contributed by atoms with Gasteiger partial charge in [-0.25, -0.2) is 9.97 Å². The van der Waals surface area contributed by atoms with E-state index in [1.165, 1.54) is 5.57 Å². The fraction of sp³-hybridized carbons (Fsp3) is 0.333. The number of anilines is 1. The first-order valence-corrected chi connectivity index (χ1v) is 4.82. The van der Waals surface area contributed by atoms with Gasteiger partial charge in [-0.05, 0) is 29.8 Å². The fourth-order valence-electron chi connectivity index (χ4n) is 0.750. The van der Waals surface area contributed by atoms with Crippen molar-refractivity contribution in [2.45, 2.75) is 13.8 Å². The second-order valence-corrected chi connectivity index (χ2v) is 3.80. The molecule has 1 heterocycles. The predicted octanol–water partition coefficient (Wildman–Crippen LogP) is 2.62. The van der Waals surface area contributed by atoms with Crippen molar-refractivity contribution in [1.82, 2.24) is 9.97 Å². The van der Waals surface area contributed by atoms with E-state index in [0.717, 1.165) is 11.0 Å². The Labute approximate surface area is 86.4 Å². The van der Waals surface area contributed by atoms with Gasteiger partial charge >= 0.3 is 0 Å². The summed E-state index contributed by atoms with van der Waals surface area (Å²) in [5.41, 5.74) is 1.28. The highest BCUT2D eigenvalue weighted by atomic mass is 79.9. The summed E-state index contributed by atoms with van der Waals surface area (Å²) in [5.74, 6) is 0.653. The Hall–Kier alpha value is -0.900. The van der Waals surface area contributed by atoms with Gasteiger partial charge < -0.3 is 5.32 Å². The minimum Gasteiger partial charge on any atom is -0.351 e. The lowest BCUT2D eigenvalue weighted by Gasteiger charge is -2.00. The van der Waals surface area contributed by atoms with Crippen LogP contribution in [-0.2, 0) is 0 Å². The molecule has 0 aliphatic heterocycles. The summed E-state index contributed by atoms with van der Waals surface area (Å²) in [6, 6.07) is 0. The van der Waals surface area contributed by atoms with E-state index >= 15 is 0 Å². The molecule has 0 atom stereocenters. The van der Waals surface area contributed by atoms with Gasteiger partial charge in [-0.15, -0.1) is 0 Å². The molecule has 1 aromatic rings. The molecule has 0 amide bonds. The minimum atomic E-state index is 0.653. The molecule has 0 aromatic carbocycles. The zero-order chi connectivity index (χ0) is 9.68. The van der Waals surface area contributed by atoms with Gasteiger partial charge in [0, 0.05) is 18.9 Å². The van der Waals surface area contributed by atoms with Crippen molar-refractivity contribution in [3.63, 3.8) is 0 Å². The third kappa shape index (κ3) is 4.03. The molecule has 0 aliphatic carbocycles. The molecule has 1 aromatic heterocycles. The molecular weight excluding hydrogens is 230 g/mol. The van der Waals surface area contributed by atoms with Gasteiger partial charge in [-0.3, -0.25) is 0 Å². The number of hydrogen-bond acceptors (Lipinski definition) is 3. The zero-order valence-electron chi connectivity index (χ0n) is 7.71. The molecule has 4 heteroatoms. The van der Waals surface area contributed by atoms with Gasteiger partial charge in [-0.1, -0.05) is 11.6 Å². The minimum absolute atomic E-state index is 0.653. The number of allylic oxidation sites excluding steroid dienone is 1. The van der Waals surface area contributed by atoms with E-state index in [-0.39, 0.29) is 0 Å². The molecule has 0 aliphatic rings. The van der Waals surface area contributed by atoms with Crippen LogP contribution in [0.15, 0.2) is 28.5 Å². The van der Waals surface area contributed by atoms with Gasteiger partial charge in [0.1, 0.15) is 0 Å². The Kier molecular flexibility index (Phi) is 3.89. The maximum Gasteiger partial charge on any atom is 0.222 e. The van der Waals surface area contributed by atoms with E-state index in [1.54, 1.807) is 12.4 Å². The summed E-state index contributed by atoms with van der Waals surface area (Å²) >= 11 is 3.27. The van der Waals surface area contributed by atoms with Crippen molar-refractivity contribution < 1.29 is 0 Å². The highest BCUT2D eigenvalue weighted by molar-refractivity contribution is 9.10. The van der Waals surface area contributed by atoms with Gasteiger partial charge in [0.05, 0.1) is 4.47 Å². The molecular formula is C9H12BrN3. The Morgan fingerprint density at radius 2 is 2.08 bits per heavy atom. The summed E-state index contributed by atoms with van der Waals surface area (Å²) < 4.78 is 0.889. The first kappa shape index (κ1) is 10.2. The molecule has 0 unspecified atom stereocenters. The maximum absolute atomic E-state index is 4.08. The number of nitrogens with zero attached hydrogens (tertiary/aromatic N) is 2. The molecule has 13 heavy (non-hydrogen) atoms. The van der Waals surface area contributed by atoms with Crippen LogP contribution in [0.1, 0.15) is 13.8 Å². The second kappa shape index (κ2) is 4.97. The van der Waals surface area contributed by atoms with Crippen LogP contribution in [0.25, 0.3) is 0 Å². The maximum atomic E-state index is 4.08. The summed E-state index contributed by atoms with van der Waals surface area (Å²) in [4.78, 5) is 8.15. The Bertz CT molecular complexity index is 288. The van der Waals surface area contributed by atoms with E-state index in [4.69, 9.17) is 0 Å². The molecule has 1 N–H and O–H groups in total. The van der Waals surface area contributed by atoms with E-state index in [0.29, 0.717) is 5.95 Å². The van der Waals surface area contributed by atoms with Crippen LogP contribution in [0.3, 0.4) is 0 Å². The van der Waals surface area contributed by atoms with Crippen LogP contribution in [-0.4, -0.2) is 16.5 Å². The molecule has 0 saturated heterocycles. The van der Waals surface area contributed by atoms with Gasteiger partial charge in [0.15, 0.2) is 0 Å². The molecule has 0 spiro atoms. The summed E-state index contributed by atoms with van der Waals surface area (Å²) in [7, 11) is 0. The monoisotopic (exact) mass is 241 g/mol. The lowest BCUT2D eigenvalue weighted by Crippen LogP contribution is -2.02. The average molecular weight is 242 g/mol. The highest BCUT2D eigenvalue weighted by Crippen LogP contribution is 2.06. The van der Waals surface area contributed by atoms with Crippen LogP contribution in [0, 0.1) is 0 Å². The largest absolute Gasteiger partial charge is 0.351 e. The van der Waals surface area contributed by atoms with Gasteiger partial charge in [0.25, 0.3) is 0 Å². The molecule has 0 radical (unpaired) electrons. The van der Waals surface area contributed by atoms with E-state index in [2.05, 4.69) is 51.1 Å². The summed E-state index contributed by atoms with van der Waals surface area (Å²) in [6.45, 7) is 4.89. The van der Waals surface area contributed by atoms with E-state index < -0.39 is 0 Å². The number of nitrogens with one attached hydrogen (secondary N) is 1. The van der Waals surface area contributed by atoms with Crippen LogP contribution in [0.2, 0.25) is 0 Å². The highest BCUT2D eigenvalue weighted by Gasteiger charge is 1.92. The Balaban J connectivity index is 2.46.